The molecule has 4 heteroatoms. The molecule has 1 aliphatic rings. The lowest BCUT2D eigenvalue weighted by Gasteiger charge is -2.34. The minimum Gasteiger partial charge on any atom is -0.371 e. The van der Waals surface area contributed by atoms with Crippen LogP contribution in [0.5, 0.6) is 0 Å². The van der Waals surface area contributed by atoms with E-state index in [2.05, 4.69) is 24.1 Å². The van der Waals surface area contributed by atoms with Gasteiger partial charge in [0.2, 0.25) is 0 Å². The van der Waals surface area contributed by atoms with E-state index in [9.17, 15) is 8.78 Å². The van der Waals surface area contributed by atoms with Crippen molar-refractivity contribution < 1.29 is 8.78 Å². The molecule has 0 aromatic heterocycles. The van der Waals surface area contributed by atoms with Gasteiger partial charge < -0.3 is 10.2 Å². The van der Waals surface area contributed by atoms with Gasteiger partial charge in [0.15, 0.2) is 0 Å². The van der Waals surface area contributed by atoms with Gasteiger partial charge in [-0.1, -0.05) is 26.0 Å². The van der Waals surface area contributed by atoms with Crippen molar-refractivity contribution in [2.75, 3.05) is 24.5 Å². The predicted octanol–water partition coefficient (Wildman–Crippen LogP) is 4.53. The molecule has 0 amide bonds. The fourth-order valence-corrected chi connectivity index (χ4v) is 2.93. The van der Waals surface area contributed by atoms with Gasteiger partial charge in [0, 0.05) is 37.8 Å². The van der Waals surface area contributed by atoms with Crippen LogP contribution in [-0.2, 0) is 12.5 Å². The van der Waals surface area contributed by atoms with Crippen molar-refractivity contribution in [1.82, 2.24) is 5.32 Å². The largest absolute Gasteiger partial charge is 0.371 e. The summed E-state index contributed by atoms with van der Waals surface area (Å²) in [6.07, 6.45) is 3.34. The zero-order valence-corrected chi connectivity index (χ0v) is 14.0. The first-order valence-corrected chi connectivity index (χ1v) is 8.38. The van der Waals surface area contributed by atoms with Crippen molar-refractivity contribution in [2.45, 2.75) is 52.5 Å². The van der Waals surface area contributed by atoms with E-state index >= 15 is 0 Å². The molecule has 0 bridgehead atoms. The standard InChI is InChI=1S/C18H28F2N2/c1-4-9-21-13-15-5-6-16(18(3,19)20)12-17(15)22-10-7-14(2)8-11-22/h5-6,12,14,21H,4,7-11,13H2,1-3H3. The monoisotopic (exact) mass is 310 g/mol. The number of piperidine rings is 1. The summed E-state index contributed by atoms with van der Waals surface area (Å²) in [7, 11) is 0. The van der Waals surface area contributed by atoms with E-state index in [1.165, 1.54) is 0 Å². The first-order chi connectivity index (χ1) is 10.4. The van der Waals surface area contributed by atoms with E-state index in [1.54, 1.807) is 12.1 Å². The lowest BCUT2D eigenvalue weighted by Crippen LogP contribution is -2.34. The van der Waals surface area contributed by atoms with E-state index in [1.807, 2.05) is 6.07 Å². The molecule has 1 aromatic rings. The Labute approximate surface area is 132 Å². The Kier molecular flexibility index (Phi) is 5.79. The highest BCUT2D eigenvalue weighted by Crippen LogP contribution is 2.33. The maximum atomic E-state index is 13.7. The second-order valence-electron chi connectivity index (χ2n) is 6.58. The summed E-state index contributed by atoms with van der Waals surface area (Å²) in [5.74, 6) is -2.05. The minimum absolute atomic E-state index is 0.111. The van der Waals surface area contributed by atoms with Gasteiger partial charge >= 0.3 is 0 Å². The Hall–Kier alpha value is -1.16. The zero-order chi connectivity index (χ0) is 16.2. The summed E-state index contributed by atoms with van der Waals surface area (Å²) in [4.78, 5) is 2.28. The zero-order valence-electron chi connectivity index (χ0n) is 14.0. The number of halogens is 2. The van der Waals surface area contributed by atoms with Crippen molar-refractivity contribution in [2.24, 2.45) is 5.92 Å². The van der Waals surface area contributed by atoms with Crippen molar-refractivity contribution >= 4 is 5.69 Å². The maximum absolute atomic E-state index is 13.7. The summed E-state index contributed by atoms with van der Waals surface area (Å²) >= 11 is 0. The average molecular weight is 310 g/mol. The highest BCUT2D eigenvalue weighted by atomic mass is 19.3. The van der Waals surface area contributed by atoms with Gasteiger partial charge in [0.25, 0.3) is 5.92 Å². The van der Waals surface area contributed by atoms with Crippen LogP contribution in [0, 0.1) is 5.92 Å². The Morgan fingerprint density at radius 1 is 1.27 bits per heavy atom. The van der Waals surface area contributed by atoms with Gasteiger partial charge in [-0.05, 0) is 43.4 Å². The molecule has 0 unspecified atom stereocenters. The highest BCUT2D eigenvalue weighted by Gasteiger charge is 2.27. The third-order valence-corrected chi connectivity index (χ3v) is 4.46. The lowest BCUT2D eigenvalue weighted by atomic mass is 9.97. The molecule has 124 valence electrons. The van der Waals surface area contributed by atoms with Crippen LogP contribution in [-0.4, -0.2) is 19.6 Å². The Morgan fingerprint density at radius 2 is 1.95 bits per heavy atom. The average Bonchev–Trinajstić information content (AvgIpc) is 2.47. The van der Waals surface area contributed by atoms with E-state index in [4.69, 9.17) is 0 Å². The van der Waals surface area contributed by atoms with Gasteiger partial charge in [-0.25, -0.2) is 8.78 Å². The molecule has 0 atom stereocenters. The predicted molar refractivity (Wildman–Crippen MR) is 88.6 cm³/mol. The number of nitrogens with zero attached hydrogens (tertiary/aromatic N) is 1. The molecular weight excluding hydrogens is 282 g/mol. The molecule has 1 aliphatic heterocycles. The number of nitrogens with one attached hydrogen (secondary N) is 1. The third kappa shape index (κ3) is 4.42. The molecule has 2 nitrogen and oxygen atoms in total. The van der Waals surface area contributed by atoms with Crippen LogP contribution < -0.4 is 10.2 Å². The van der Waals surface area contributed by atoms with Gasteiger partial charge in [-0.15, -0.1) is 0 Å². The quantitative estimate of drug-likeness (QED) is 0.776. The molecule has 22 heavy (non-hydrogen) atoms. The highest BCUT2D eigenvalue weighted by molar-refractivity contribution is 5.56. The topological polar surface area (TPSA) is 15.3 Å². The molecule has 1 N–H and O–H groups in total. The molecule has 0 radical (unpaired) electrons. The fourth-order valence-electron chi connectivity index (χ4n) is 2.93. The van der Waals surface area contributed by atoms with E-state index < -0.39 is 5.92 Å². The molecular formula is C18H28F2N2. The maximum Gasteiger partial charge on any atom is 0.270 e. The Bertz CT molecular complexity index is 474. The van der Waals surface area contributed by atoms with Gasteiger partial charge in [-0.3, -0.25) is 0 Å². The van der Waals surface area contributed by atoms with E-state index in [-0.39, 0.29) is 5.56 Å². The number of hydrogen-bond donors (Lipinski definition) is 1. The van der Waals surface area contributed by atoms with Crippen molar-refractivity contribution in [1.29, 1.82) is 0 Å². The summed E-state index contributed by atoms with van der Waals surface area (Å²) in [6.45, 7) is 8.96. The van der Waals surface area contributed by atoms with Crippen LogP contribution >= 0.6 is 0 Å². The second kappa shape index (κ2) is 7.40. The first-order valence-electron chi connectivity index (χ1n) is 8.38. The van der Waals surface area contributed by atoms with Crippen molar-refractivity contribution in [3.63, 3.8) is 0 Å². The molecule has 2 rings (SSSR count). The van der Waals surface area contributed by atoms with Crippen LogP contribution in [0.4, 0.5) is 14.5 Å². The summed E-state index contributed by atoms with van der Waals surface area (Å²) in [5.41, 5.74) is 2.21. The fraction of sp³-hybridized carbons (Fsp3) is 0.667. The van der Waals surface area contributed by atoms with Gasteiger partial charge in [0.05, 0.1) is 0 Å². The Morgan fingerprint density at radius 3 is 2.55 bits per heavy atom. The van der Waals surface area contributed by atoms with E-state index in [0.717, 1.165) is 69.5 Å². The number of hydrogen-bond acceptors (Lipinski definition) is 2. The molecule has 1 fully saturated rings. The second-order valence-corrected chi connectivity index (χ2v) is 6.58. The van der Waals surface area contributed by atoms with Crippen LogP contribution in [0.1, 0.15) is 51.2 Å². The summed E-state index contributed by atoms with van der Waals surface area (Å²) in [5, 5.41) is 3.38. The third-order valence-electron chi connectivity index (χ3n) is 4.46. The lowest BCUT2D eigenvalue weighted by molar-refractivity contribution is 0.0175. The van der Waals surface area contributed by atoms with Crippen LogP contribution in [0.25, 0.3) is 0 Å². The number of anilines is 1. The van der Waals surface area contributed by atoms with Gasteiger partial charge in [0.1, 0.15) is 0 Å². The summed E-state index contributed by atoms with van der Waals surface area (Å²) < 4.78 is 27.3. The molecule has 1 aromatic carbocycles. The normalized spacial score (nSPS) is 17.0. The number of alkyl halides is 2. The molecule has 1 heterocycles. The van der Waals surface area contributed by atoms with Crippen molar-refractivity contribution in [3.05, 3.63) is 29.3 Å². The van der Waals surface area contributed by atoms with Crippen LogP contribution in [0.2, 0.25) is 0 Å². The Balaban J connectivity index is 2.24. The number of rotatable bonds is 6. The van der Waals surface area contributed by atoms with Crippen LogP contribution in [0.3, 0.4) is 0 Å². The molecule has 1 saturated heterocycles. The SMILES string of the molecule is CCCNCc1ccc(C(C)(F)F)cc1N1CCC(C)CC1. The summed E-state index contributed by atoms with van der Waals surface area (Å²) in [6, 6.07) is 5.13. The van der Waals surface area contributed by atoms with Crippen LogP contribution in [0.15, 0.2) is 18.2 Å². The first kappa shape index (κ1) is 17.2. The van der Waals surface area contributed by atoms with E-state index in [0.29, 0.717) is 0 Å². The molecule has 0 spiro atoms. The number of benzene rings is 1. The molecule has 0 aliphatic carbocycles. The minimum atomic E-state index is -2.78. The molecule has 0 saturated carbocycles. The van der Waals surface area contributed by atoms with Crippen molar-refractivity contribution in [3.8, 4) is 0 Å². The smallest absolute Gasteiger partial charge is 0.270 e. The van der Waals surface area contributed by atoms with Gasteiger partial charge in [-0.2, -0.15) is 0 Å².